The molecule has 2 fully saturated rings. The summed E-state index contributed by atoms with van der Waals surface area (Å²) in [6, 6.07) is 2.27. The summed E-state index contributed by atoms with van der Waals surface area (Å²) in [5.41, 5.74) is 0.227. The second-order valence-electron chi connectivity index (χ2n) is 5.33. The van der Waals surface area contributed by atoms with E-state index in [0.29, 0.717) is 6.42 Å². The van der Waals surface area contributed by atoms with Crippen molar-refractivity contribution in [2.75, 3.05) is 13.2 Å². The number of rotatable bonds is 5. The lowest BCUT2D eigenvalue weighted by atomic mass is 9.96. The van der Waals surface area contributed by atoms with Gasteiger partial charge in [0.05, 0.1) is 12.7 Å². The summed E-state index contributed by atoms with van der Waals surface area (Å²) in [5.74, 6) is 0. The summed E-state index contributed by atoms with van der Waals surface area (Å²) in [6.07, 6.45) is 7.64. The highest BCUT2D eigenvalue weighted by Gasteiger charge is 2.44. The Morgan fingerprint density at radius 1 is 1.20 bits per heavy atom. The van der Waals surface area contributed by atoms with Crippen LogP contribution in [0.2, 0.25) is 0 Å². The van der Waals surface area contributed by atoms with Crippen molar-refractivity contribution in [3.63, 3.8) is 0 Å². The van der Waals surface area contributed by atoms with E-state index in [1.54, 1.807) is 0 Å². The molecule has 0 aromatic carbocycles. The van der Waals surface area contributed by atoms with Crippen molar-refractivity contribution in [3.8, 4) is 6.07 Å². The number of nitriles is 1. The van der Waals surface area contributed by atoms with Gasteiger partial charge >= 0.3 is 0 Å². The van der Waals surface area contributed by atoms with Crippen LogP contribution in [0.5, 0.6) is 0 Å². The topological polar surface area (TPSA) is 56.0 Å². The summed E-state index contributed by atoms with van der Waals surface area (Å²) < 4.78 is 0. The van der Waals surface area contributed by atoms with Crippen LogP contribution < -0.4 is 5.32 Å². The zero-order valence-electron chi connectivity index (χ0n) is 9.26. The highest BCUT2D eigenvalue weighted by atomic mass is 16.3. The molecule has 2 rings (SSSR count). The number of hydrogen-bond donors (Lipinski definition) is 2. The smallest absolute Gasteiger partial charge is 0.0628 e. The Morgan fingerprint density at radius 2 is 1.87 bits per heavy atom. The summed E-state index contributed by atoms with van der Waals surface area (Å²) in [6.45, 7) is 1.16. The number of aliphatic hydroxyl groups is 1. The average molecular weight is 208 g/mol. The van der Waals surface area contributed by atoms with E-state index in [1.165, 1.54) is 25.7 Å². The minimum absolute atomic E-state index is 0.0228. The van der Waals surface area contributed by atoms with Crippen molar-refractivity contribution in [3.05, 3.63) is 0 Å². The molecular weight excluding hydrogens is 188 g/mol. The third-order valence-electron chi connectivity index (χ3n) is 4.11. The van der Waals surface area contributed by atoms with Crippen LogP contribution in [0.3, 0.4) is 0 Å². The van der Waals surface area contributed by atoms with Gasteiger partial charge in [0, 0.05) is 18.5 Å². The molecule has 0 heterocycles. The van der Waals surface area contributed by atoms with E-state index in [-0.39, 0.29) is 17.6 Å². The molecule has 0 saturated heterocycles. The molecule has 0 unspecified atom stereocenters. The zero-order valence-corrected chi connectivity index (χ0v) is 9.26. The zero-order chi connectivity index (χ0) is 10.8. The molecule has 84 valence electrons. The second-order valence-corrected chi connectivity index (χ2v) is 5.33. The Labute approximate surface area is 91.5 Å². The molecule has 2 N–H and O–H groups in total. The molecule has 2 aliphatic rings. The van der Waals surface area contributed by atoms with Crippen LogP contribution in [0.4, 0.5) is 0 Å². The van der Waals surface area contributed by atoms with E-state index in [4.69, 9.17) is 5.26 Å². The minimum atomic E-state index is -0.0228. The van der Waals surface area contributed by atoms with E-state index < -0.39 is 0 Å². The molecule has 0 aliphatic heterocycles. The van der Waals surface area contributed by atoms with Crippen LogP contribution >= 0.6 is 0 Å². The third-order valence-corrected chi connectivity index (χ3v) is 4.11. The van der Waals surface area contributed by atoms with Crippen molar-refractivity contribution in [1.82, 2.24) is 5.32 Å². The highest BCUT2D eigenvalue weighted by Crippen LogP contribution is 2.48. The molecule has 2 aliphatic carbocycles. The number of nitrogens with zero attached hydrogens (tertiary/aromatic N) is 1. The Kier molecular flexibility index (Phi) is 2.99. The lowest BCUT2D eigenvalue weighted by molar-refractivity contribution is 0.157. The van der Waals surface area contributed by atoms with Crippen molar-refractivity contribution in [1.29, 1.82) is 5.26 Å². The molecule has 0 spiro atoms. The number of nitrogens with one attached hydrogen (secondary N) is 1. The van der Waals surface area contributed by atoms with E-state index in [2.05, 4.69) is 11.4 Å². The first-order valence-electron chi connectivity index (χ1n) is 5.97. The van der Waals surface area contributed by atoms with Crippen LogP contribution in [0, 0.1) is 16.7 Å². The summed E-state index contributed by atoms with van der Waals surface area (Å²) in [7, 11) is 0. The lowest BCUT2D eigenvalue weighted by Crippen LogP contribution is -2.48. The van der Waals surface area contributed by atoms with Gasteiger partial charge in [-0.3, -0.25) is 0 Å². The highest BCUT2D eigenvalue weighted by molar-refractivity contribution is 5.03. The van der Waals surface area contributed by atoms with Gasteiger partial charge in [-0.1, -0.05) is 12.8 Å². The van der Waals surface area contributed by atoms with E-state index in [0.717, 1.165) is 19.4 Å². The Bertz CT molecular complexity index is 259. The molecule has 3 heteroatoms. The Morgan fingerprint density at radius 3 is 2.33 bits per heavy atom. The first-order valence-corrected chi connectivity index (χ1v) is 5.97. The van der Waals surface area contributed by atoms with Gasteiger partial charge in [0.15, 0.2) is 0 Å². The monoisotopic (exact) mass is 208 g/mol. The fourth-order valence-electron chi connectivity index (χ4n) is 2.58. The molecule has 2 saturated carbocycles. The maximum absolute atomic E-state index is 9.44. The van der Waals surface area contributed by atoms with Gasteiger partial charge in [-0.15, -0.1) is 0 Å². The normalized spacial score (nSPS) is 26.1. The Balaban J connectivity index is 1.84. The van der Waals surface area contributed by atoms with Gasteiger partial charge in [0.1, 0.15) is 0 Å². The van der Waals surface area contributed by atoms with E-state index in [1.807, 2.05) is 0 Å². The van der Waals surface area contributed by atoms with Crippen LogP contribution in [-0.4, -0.2) is 23.8 Å². The molecule has 15 heavy (non-hydrogen) atoms. The fraction of sp³-hybridized carbons (Fsp3) is 0.917. The standard InChI is InChI=1S/C12H20N2O/c13-8-7-11(5-6-11)9-14-12(10-15)3-1-2-4-12/h14-15H,1-7,9-10H2. The molecule has 0 atom stereocenters. The second kappa shape index (κ2) is 4.11. The molecular formula is C12H20N2O. The SMILES string of the molecule is N#CCC1(CNC2(CO)CCCC2)CC1. The average Bonchev–Trinajstić information content (AvgIpc) is 2.86. The van der Waals surface area contributed by atoms with Gasteiger partial charge in [-0.25, -0.2) is 0 Å². The molecule has 3 nitrogen and oxygen atoms in total. The van der Waals surface area contributed by atoms with Crippen molar-refractivity contribution >= 4 is 0 Å². The first-order chi connectivity index (χ1) is 7.24. The van der Waals surface area contributed by atoms with Crippen molar-refractivity contribution in [2.45, 2.75) is 50.5 Å². The van der Waals surface area contributed by atoms with Gasteiger partial charge in [0.25, 0.3) is 0 Å². The predicted octanol–water partition coefficient (Wildman–Crippen LogP) is 1.57. The van der Waals surface area contributed by atoms with Crippen LogP contribution in [0.15, 0.2) is 0 Å². The summed E-state index contributed by atoms with van der Waals surface area (Å²) in [4.78, 5) is 0. The van der Waals surface area contributed by atoms with Crippen LogP contribution in [-0.2, 0) is 0 Å². The van der Waals surface area contributed by atoms with Crippen LogP contribution in [0.25, 0.3) is 0 Å². The Hall–Kier alpha value is -0.590. The van der Waals surface area contributed by atoms with E-state index in [9.17, 15) is 5.11 Å². The summed E-state index contributed by atoms with van der Waals surface area (Å²) >= 11 is 0. The maximum atomic E-state index is 9.44. The largest absolute Gasteiger partial charge is 0.394 e. The summed E-state index contributed by atoms with van der Waals surface area (Å²) in [5, 5.41) is 21.7. The fourth-order valence-corrected chi connectivity index (χ4v) is 2.58. The molecule has 0 radical (unpaired) electrons. The van der Waals surface area contributed by atoms with Gasteiger partial charge in [0.2, 0.25) is 0 Å². The molecule has 0 amide bonds. The molecule has 0 bridgehead atoms. The minimum Gasteiger partial charge on any atom is -0.394 e. The maximum Gasteiger partial charge on any atom is 0.0628 e. The van der Waals surface area contributed by atoms with Gasteiger partial charge < -0.3 is 10.4 Å². The van der Waals surface area contributed by atoms with Crippen molar-refractivity contribution < 1.29 is 5.11 Å². The van der Waals surface area contributed by atoms with Gasteiger partial charge in [-0.2, -0.15) is 5.26 Å². The number of aliphatic hydroxyl groups excluding tert-OH is 1. The third kappa shape index (κ3) is 2.32. The quantitative estimate of drug-likeness (QED) is 0.721. The van der Waals surface area contributed by atoms with Crippen LogP contribution in [0.1, 0.15) is 44.9 Å². The lowest BCUT2D eigenvalue weighted by Gasteiger charge is -2.30. The predicted molar refractivity (Wildman–Crippen MR) is 58.2 cm³/mol. The van der Waals surface area contributed by atoms with Crippen molar-refractivity contribution in [2.24, 2.45) is 5.41 Å². The molecule has 0 aromatic rings. The van der Waals surface area contributed by atoms with E-state index >= 15 is 0 Å². The van der Waals surface area contributed by atoms with Gasteiger partial charge in [-0.05, 0) is 31.1 Å². The number of hydrogen-bond acceptors (Lipinski definition) is 3. The molecule has 0 aromatic heterocycles. The first kappa shape index (κ1) is 10.9.